The van der Waals surface area contributed by atoms with Gasteiger partial charge in [0.05, 0.1) is 18.0 Å². The fourth-order valence-electron chi connectivity index (χ4n) is 1.15. The van der Waals surface area contributed by atoms with Crippen molar-refractivity contribution in [3.63, 3.8) is 0 Å². The van der Waals surface area contributed by atoms with Gasteiger partial charge in [0, 0.05) is 0 Å². The molecular formula is C12H17N3O3. The molecule has 0 aromatic carbocycles. The molecule has 0 aliphatic rings. The van der Waals surface area contributed by atoms with Crippen LogP contribution in [-0.4, -0.2) is 33.7 Å². The molecule has 0 bridgehead atoms. The van der Waals surface area contributed by atoms with Gasteiger partial charge in [0.15, 0.2) is 0 Å². The molecule has 0 aliphatic carbocycles. The number of nitrogens with one attached hydrogen (secondary N) is 1. The van der Waals surface area contributed by atoms with E-state index in [1.807, 2.05) is 0 Å². The molecule has 1 aromatic rings. The number of carbonyl (C=O) groups excluding carboxylic acids is 2. The molecule has 18 heavy (non-hydrogen) atoms. The number of nitrogens with zero attached hydrogens (tertiary/aromatic N) is 2. The smallest absolute Gasteiger partial charge is 0.328 e. The minimum Gasteiger partial charge on any atom is -0.458 e. The Morgan fingerprint density at radius 1 is 1.33 bits per heavy atom. The predicted octanol–water partition coefficient (Wildman–Crippen LogP) is 0.937. The molecule has 1 N–H and O–H groups in total. The SMILES string of the molecule is C[C@@H](NC(=O)c1ccnnc1)C(=O)OC(C)(C)C. The lowest BCUT2D eigenvalue weighted by molar-refractivity contribution is -0.156. The largest absolute Gasteiger partial charge is 0.458 e. The molecule has 98 valence electrons. The molecule has 6 heteroatoms. The molecule has 0 radical (unpaired) electrons. The Bertz CT molecular complexity index is 426. The van der Waals surface area contributed by atoms with Crippen molar-refractivity contribution in [3.8, 4) is 0 Å². The fourth-order valence-corrected chi connectivity index (χ4v) is 1.15. The third-order valence-corrected chi connectivity index (χ3v) is 1.95. The van der Waals surface area contributed by atoms with Crippen molar-refractivity contribution in [1.29, 1.82) is 0 Å². The van der Waals surface area contributed by atoms with E-state index in [0.717, 1.165) is 0 Å². The van der Waals surface area contributed by atoms with Gasteiger partial charge >= 0.3 is 5.97 Å². The molecule has 1 amide bonds. The average Bonchev–Trinajstić information content (AvgIpc) is 2.27. The Hall–Kier alpha value is -1.98. The second kappa shape index (κ2) is 5.57. The van der Waals surface area contributed by atoms with Crippen molar-refractivity contribution in [2.75, 3.05) is 0 Å². The van der Waals surface area contributed by atoms with Gasteiger partial charge in [-0.2, -0.15) is 10.2 Å². The second-order valence-electron chi connectivity index (χ2n) is 4.86. The van der Waals surface area contributed by atoms with Gasteiger partial charge in [-0.3, -0.25) is 4.79 Å². The summed E-state index contributed by atoms with van der Waals surface area (Å²) < 4.78 is 5.15. The van der Waals surface area contributed by atoms with E-state index in [4.69, 9.17) is 4.74 Å². The van der Waals surface area contributed by atoms with Crippen molar-refractivity contribution in [2.24, 2.45) is 0 Å². The Morgan fingerprint density at radius 2 is 2.00 bits per heavy atom. The van der Waals surface area contributed by atoms with Crippen molar-refractivity contribution >= 4 is 11.9 Å². The molecule has 1 aromatic heterocycles. The summed E-state index contributed by atoms with van der Waals surface area (Å²) in [6, 6.07) is 0.800. The van der Waals surface area contributed by atoms with Gasteiger partial charge < -0.3 is 10.1 Å². The van der Waals surface area contributed by atoms with Crippen LogP contribution in [0.1, 0.15) is 38.1 Å². The van der Waals surface area contributed by atoms with E-state index >= 15 is 0 Å². The standard InChI is InChI=1S/C12H17N3O3/c1-8(11(17)18-12(2,3)4)15-10(16)9-5-6-13-14-7-9/h5-8H,1-4H3,(H,15,16)/t8-/m1/s1. The van der Waals surface area contributed by atoms with Crippen LogP contribution in [-0.2, 0) is 9.53 Å². The van der Waals surface area contributed by atoms with Crippen LogP contribution in [0.3, 0.4) is 0 Å². The summed E-state index contributed by atoms with van der Waals surface area (Å²) in [5.41, 5.74) is -0.228. The lowest BCUT2D eigenvalue weighted by Crippen LogP contribution is -2.42. The van der Waals surface area contributed by atoms with Gasteiger partial charge in [0.1, 0.15) is 11.6 Å². The molecule has 1 heterocycles. The maximum Gasteiger partial charge on any atom is 0.328 e. The highest BCUT2D eigenvalue weighted by molar-refractivity contribution is 5.96. The van der Waals surface area contributed by atoms with Gasteiger partial charge in [-0.05, 0) is 33.8 Å². The first-order valence-corrected chi connectivity index (χ1v) is 5.60. The quantitative estimate of drug-likeness (QED) is 0.808. The lowest BCUT2D eigenvalue weighted by Gasteiger charge is -2.22. The minimum atomic E-state index is -0.718. The van der Waals surface area contributed by atoms with Crippen LogP contribution in [0.25, 0.3) is 0 Å². The van der Waals surface area contributed by atoms with Crippen LogP contribution in [0.4, 0.5) is 0 Å². The first-order valence-electron chi connectivity index (χ1n) is 5.60. The summed E-state index contributed by atoms with van der Waals surface area (Å²) in [5, 5.41) is 9.70. The van der Waals surface area contributed by atoms with E-state index in [1.165, 1.54) is 18.5 Å². The van der Waals surface area contributed by atoms with Gasteiger partial charge in [-0.25, -0.2) is 4.79 Å². The van der Waals surface area contributed by atoms with Gasteiger partial charge in [-0.1, -0.05) is 0 Å². The van der Waals surface area contributed by atoms with E-state index in [1.54, 1.807) is 27.7 Å². The van der Waals surface area contributed by atoms with Gasteiger partial charge in [0.2, 0.25) is 0 Å². The Labute approximate surface area is 106 Å². The number of aromatic nitrogens is 2. The van der Waals surface area contributed by atoms with Crippen LogP contribution in [0.15, 0.2) is 18.5 Å². The highest BCUT2D eigenvalue weighted by Gasteiger charge is 2.23. The molecule has 1 atom stereocenters. The molecule has 6 nitrogen and oxygen atoms in total. The topological polar surface area (TPSA) is 81.2 Å². The zero-order valence-electron chi connectivity index (χ0n) is 10.9. The maximum atomic E-state index is 11.7. The highest BCUT2D eigenvalue weighted by Crippen LogP contribution is 2.08. The molecule has 0 unspecified atom stereocenters. The summed E-state index contributed by atoms with van der Waals surface area (Å²) in [6.45, 7) is 6.88. The molecule has 0 aliphatic heterocycles. The minimum absolute atomic E-state index is 0.348. The van der Waals surface area contributed by atoms with E-state index in [2.05, 4.69) is 15.5 Å². The third-order valence-electron chi connectivity index (χ3n) is 1.95. The Kier molecular flexibility index (Phi) is 4.36. The lowest BCUT2D eigenvalue weighted by atomic mass is 10.2. The normalized spacial score (nSPS) is 12.7. The van der Waals surface area contributed by atoms with Gasteiger partial charge in [-0.15, -0.1) is 0 Å². The number of hydrogen-bond donors (Lipinski definition) is 1. The van der Waals surface area contributed by atoms with Crippen LogP contribution in [0.5, 0.6) is 0 Å². The monoisotopic (exact) mass is 251 g/mol. The zero-order valence-corrected chi connectivity index (χ0v) is 10.9. The van der Waals surface area contributed by atoms with Crippen molar-refractivity contribution in [3.05, 3.63) is 24.0 Å². The third kappa shape index (κ3) is 4.48. The van der Waals surface area contributed by atoms with E-state index in [-0.39, 0.29) is 5.91 Å². The van der Waals surface area contributed by atoms with E-state index < -0.39 is 17.6 Å². The number of rotatable bonds is 3. The highest BCUT2D eigenvalue weighted by atomic mass is 16.6. The van der Waals surface area contributed by atoms with E-state index in [0.29, 0.717) is 5.56 Å². The van der Waals surface area contributed by atoms with Crippen molar-refractivity contribution < 1.29 is 14.3 Å². The number of carbonyl (C=O) groups is 2. The van der Waals surface area contributed by atoms with Crippen LogP contribution < -0.4 is 5.32 Å². The summed E-state index contributed by atoms with van der Waals surface area (Å²) in [6.07, 6.45) is 2.74. The molecule has 0 saturated heterocycles. The maximum absolute atomic E-state index is 11.7. The summed E-state index contributed by atoms with van der Waals surface area (Å²) in [7, 11) is 0. The first-order chi connectivity index (χ1) is 8.29. The van der Waals surface area contributed by atoms with Crippen molar-refractivity contribution in [1.82, 2.24) is 15.5 Å². The Morgan fingerprint density at radius 3 is 2.50 bits per heavy atom. The molecule has 0 fully saturated rings. The molecule has 0 spiro atoms. The summed E-state index contributed by atoms with van der Waals surface area (Å²) >= 11 is 0. The molecule has 0 saturated carbocycles. The Balaban J connectivity index is 2.58. The average molecular weight is 251 g/mol. The molecular weight excluding hydrogens is 234 g/mol. The summed E-state index contributed by atoms with van der Waals surface area (Å²) in [5.74, 6) is -0.860. The van der Waals surface area contributed by atoms with Crippen molar-refractivity contribution in [2.45, 2.75) is 39.3 Å². The number of amides is 1. The predicted molar refractivity (Wildman–Crippen MR) is 64.8 cm³/mol. The van der Waals surface area contributed by atoms with Crippen LogP contribution >= 0.6 is 0 Å². The number of esters is 1. The molecule has 1 rings (SSSR count). The van der Waals surface area contributed by atoms with Gasteiger partial charge in [0.25, 0.3) is 5.91 Å². The second-order valence-corrected chi connectivity index (χ2v) is 4.86. The number of hydrogen-bond acceptors (Lipinski definition) is 5. The first kappa shape index (κ1) is 14.1. The summed E-state index contributed by atoms with van der Waals surface area (Å²) in [4.78, 5) is 23.4. The van der Waals surface area contributed by atoms with Crippen LogP contribution in [0, 0.1) is 0 Å². The zero-order chi connectivity index (χ0) is 13.8. The fraction of sp³-hybridized carbons (Fsp3) is 0.500. The van der Waals surface area contributed by atoms with Crippen LogP contribution in [0.2, 0.25) is 0 Å². The number of ether oxygens (including phenoxy) is 1. The van der Waals surface area contributed by atoms with E-state index in [9.17, 15) is 9.59 Å².